The molecule has 4 amide bonds. The van der Waals surface area contributed by atoms with Crippen LogP contribution in [0.5, 0.6) is 5.75 Å². The average molecular weight is 722 g/mol. The first-order chi connectivity index (χ1) is 25.0. The van der Waals surface area contributed by atoms with E-state index < -0.39 is 64.5 Å². The Morgan fingerprint density at radius 2 is 1.63 bits per heavy atom. The molecule has 12 heteroatoms. The predicted octanol–water partition coefficient (Wildman–Crippen LogP) is 6.19. The molecule has 0 radical (unpaired) electrons. The van der Waals surface area contributed by atoms with E-state index in [2.05, 4.69) is 5.43 Å². The highest BCUT2D eigenvalue weighted by Gasteiger charge is 2.70. The zero-order valence-electron chi connectivity index (χ0n) is 27.7. The number of phenols is 1. The van der Waals surface area contributed by atoms with Crippen LogP contribution < -0.4 is 5.43 Å². The molecular weight excluding hydrogens is 689 g/mol. The topological polar surface area (TPSA) is 144 Å². The Morgan fingerprint density at radius 1 is 0.904 bits per heavy atom. The van der Waals surface area contributed by atoms with Gasteiger partial charge in [-0.2, -0.15) is 5.01 Å². The molecule has 52 heavy (non-hydrogen) atoms. The molecule has 3 N–H and O–H groups in total. The summed E-state index contributed by atoms with van der Waals surface area (Å²) in [4.78, 5) is 70.5. The lowest BCUT2D eigenvalue weighted by molar-refractivity contribution is -0.142. The van der Waals surface area contributed by atoms with Gasteiger partial charge in [0.15, 0.2) is 0 Å². The van der Waals surface area contributed by atoms with Crippen LogP contribution in [-0.4, -0.2) is 56.3 Å². The number of halogens is 2. The number of carbonyl (C=O) groups is 5. The maximum atomic E-state index is 15.4. The van der Waals surface area contributed by atoms with Crippen molar-refractivity contribution in [2.45, 2.75) is 37.0 Å². The molecule has 264 valence electrons. The number of hydrogen-bond acceptors (Lipinski definition) is 7. The lowest BCUT2D eigenvalue weighted by Gasteiger charge is -2.51. The Hall–Kier alpha value is -5.55. The monoisotopic (exact) mass is 721 g/mol. The number of anilines is 1. The smallest absolute Gasteiger partial charge is 0.303 e. The number of carboxylic acid groups (broad SMARTS) is 1. The van der Waals surface area contributed by atoms with E-state index in [-0.39, 0.29) is 43.9 Å². The molecule has 2 aliphatic carbocycles. The summed E-state index contributed by atoms with van der Waals surface area (Å²) in [5.41, 5.74) is 3.11. The van der Waals surface area contributed by atoms with E-state index in [9.17, 15) is 33.8 Å². The molecule has 0 aromatic heterocycles. The number of nitrogens with zero attached hydrogens (tertiary/aromatic N) is 2. The number of nitrogens with one attached hydrogen (secondary N) is 1. The molecule has 2 heterocycles. The molecule has 10 nitrogen and oxygen atoms in total. The van der Waals surface area contributed by atoms with Gasteiger partial charge in [0.25, 0.3) is 11.8 Å². The Balaban J connectivity index is 1.35. The average Bonchev–Trinajstić information content (AvgIpc) is 3.50. The highest BCUT2D eigenvalue weighted by Crippen LogP contribution is 2.65. The van der Waals surface area contributed by atoms with Crippen LogP contribution in [0.25, 0.3) is 10.8 Å². The number of phenolic OH excluding ortho intramolecular Hbond substituents is 1. The summed E-state index contributed by atoms with van der Waals surface area (Å²) in [6, 6.07) is 22.7. The third kappa shape index (κ3) is 5.01. The zero-order chi connectivity index (χ0) is 36.5. The summed E-state index contributed by atoms with van der Waals surface area (Å²) >= 11 is 6.37. The molecule has 3 fully saturated rings. The number of likely N-dealkylation sites (tertiary alicyclic amines) is 1. The van der Waals surface area contributed by atoms with E-state index in [0.29, 0.717) is 32.8 Å². The van der Waals surface area contributed by atoms with Crippen molar-refractivity contribution in [2.75, 3.05) is 12.0 Å². The molecule has 8 rings (SSSR count). The maximum Gasteiger partial charge on any atom is 0.303 e. The van der Waals surface area contributed by atoms with Crippen molar-refractivity contribution in [3.8, 4) is 5.75 Å². The first-order valence-corrected chi connectivity index (χ1v) is 17.5. The van der Waals surface area contributed by atoms with Crippen LogP contribution in [0.15, 0.2) is 96.6 Å². The molecule has 4 aliphatic rings. The number of aromatic hydroxyl groups is 1. The van der Waals surface area contributed by atoms with E-state index in [1.54, 1.807) is 36.4 Å². The van der Waals surface area contributed by atoms with Gasteiger partial charge in [-0.15, -0.1) is 0 Å². The van der Waals surface area contributed by atoms with Crippen molar-refractivity contribution >= 4 is 57.7 Å². The lowest BCUT2D eigenvalue weighted by Crippen LogP contribution is -2.53. The normalized spacial score (nSPS) is 26.7. The minimum Gasteiger partial charge on any atom is -0.508 e. The van der Waals surface area contributed by atoms with Crippen molar-refractivity contribution in [1.82, 2.24) is 9.91 Å². The number of allylic oxidation sites excluding steroid dienone is 2. The van der Waals surface area contributed by atoms with E-state index in [4.69, 9.17) is 11.6 Å². The summed E-state index contributed by atoms with van der Waals surface area (Å²) in [6.45, 7) is -0.0442. The van der Waals surface area contributed by atoms with Crippen LogP contribution in [0.3, 0.4) is 0 Å². The standard InChI is InChI=1S/C40H33ClFN3O7/c41-23-10-8-22(9-11-23)40-30(37(50)45(39(40)52)43-25-14-12-24(42)13-15-25)20-29-27(35(40)34-26-5-2-1-4-21(26)7-18-31(34)46)16-17-28-33(29)38(51)44(36(28)49)19-3-6-32(47)48/h1-2,4-5,7-16,18,28-30,33,35,43,46H,3,6,17,19-20H2,(H,47,48). The molecular formula is C40H33ClFN3O7. The van der Waals surface area contributed by atoms with Crippen molar-refractivity contribution < 1.29 is 38.6 Å². The van der Waals surface area contributed by atoms with Crippen LogP contribution in [0.4, 0.5) is 10.1 Å². The van der Waals surface area contributed by atoms with Crippen LogP contribution >= 0.6 is 11.6 Å². The van der Waals surface area contributed by atoms with E-state index in [0.717, 1.165) is 15.3 Å². The number of benzene rings is 4. The van der Waals surface area contributed by atoms with Crippen molar-refractivity contribution in [2.24, 2.45) is 23.7 Å². The minimum atomic E-state index is -1.65. The van der Waals surface area contributed by atoms with Gasteiger partial charge in [-0.3, -0.25) is 34.3 Å². The van der Waals surface area contributed by atoms with Gasteiger partial charge in [-0.1, -0.05) is 65.7 Å². The van der Waals surface area contributed by atoms with E-state index in [1.807, 2.05) is 30.3 Å². The van der Waals surface area contributed by atoms with Gasteiger partial charge in [-0.05, 0) is 84.0 Å². The highest BCUT2D eigenvalue weighted by atomic mass is 35.5. The third-order valence-corrected chi connectivity index (χ3v) is 11.6. The van der Waals surface area contributed by atoms with Crippen molar-refractivity contribution in [3.63, 3.8) is 0 Å². The zero-order valence-corrected chi connectivity index (χ0v) is 28.4. The molecule has 0 bridgehead atoms. The molecule has 6 atom stereocenters. The largest absolute Gasteiger partial charge is 0.508 e. The van der Waals surface area contributed by atoms with E-state index in [1.165, 1.54) is 24.3 Å². The second-order valence-corrected chi connectivity index (χ2v) is 14.4. The molecule has 2 aliphatic heterocycles. The van der Waals surface area contributed by atoms with Gasteiger partial charge in [0.05, 0.1) is 28.9 Å². The van der Waals surface area contributed by atoms with Crippen molar-refractivity contribution in [3.05, 3.63) is 119 Å². The van der Waals surface area contributed by atoms with Crippen molar-refractivity contribution in [1.29, 1.82) is 0 Å². The van der Waals surface area contributed by atoms with Gasteiger partial charge >= 0.3 is 5.97 Å². The molecule has 6 unspecified atom stereocenters. The summed E-state index contributed by atoms with van der Waals surface area (Å²) in [7, 11) is 0. The fourth-order valence-electron chi connectivity index (χ4n) is 9.23. The number of imide groups is 2. The van der Waals surface area contributed by atoms with Gasteiger partial charge in [0, 0.05) is 29.5 Å². The Bertz CT molecular complexity index is 2210. The first-order valence-electron chi connectivity index (χ1n) is 17.2. The van der Waals surface area contributed by atoms with Gasteiger partial charge < -0.3 is 10.2 Å². The number of carboxylic acids is 1. The first kappa shape index (κ1) is 33.6. The minimum absolute atomic E-state index is 0.0335. The number of carbonyl (C=O) groups excluding carboxylic acids is 4. The fourth-order valence-corrected chi connectivity index (χ4v) is 9.36. The summed E-state index contributed by atoms with van der Waals surface area (Å²) in [5, 5.41) is 23.8. The maximum absolute atomic E-state index is 15.4. The van der Waals surface area contributed by atoms with Crippen LogP contribution in [0, 0.1) is 29.5 Å². The quantitative estimate of drug-likeness (QED) is 0.144. The van der Waals surface area contributed by atoms with Gasteiger partial charge in [-0.25, -0.2) is 4.39 Å². The Morgan fingerprint density at radius 3 is 2.37 bits per heavy atom. The predicted molar refractivity (Wildman–Crippen MR) is 188 cm³/mol. The summed E-state index contributed by atoms with van der Waals surface area (Å²) in [5.74, 6) is -7.96. The summed E-state index contributed by atoms with van der Waals surface area (Å²) in [6.07, 6.45) is 2.00. The second kappa shape index (κ2) is 12.6. The third-order valence-electron chi connectivity index (χ3n) is 11.4. The molecule has 2 saturated heterocycles. The SMILES string of the molecule is O=C(O)CCCN1C(=O)C2CC=C3C(CC4C(=O)N(Nc5ccc(F)cc5)C(=O)C4(c4ccc(Cl)cc4)C3c3c(O)ccc4ccccc34)C2C1=O. The number of hydrogen-bond donors (Lipinski definition) is 3. The highest BCUT2D eigenvalue weighted by molar-refractivity contribution is 6.30. The fraction of sp³-hybridized carbons (Fsp3) is 0.275. The number of rotatable bonds is 8. The van der Waals surface area contributed by atoms with Gasteiger partial charge in [0.2, 0.25) is 11.8 Å². The Kier molecular flexibility index (Phi) is 8.13. The Labute approximate surface area is 302 Å². The molecule has 4 aromatic carbocycles. The lowest BCUT2D eigenvalue weighted by atomic mass is 9.48. The molecule has 4 aromatic rings. The van der Waals surface area contributed by atoms with Crippen LogP contribution in [0.1, 0.15) is 42.7 Å². The molecule has 0 spiro atoms. The number of hydrazine groups is 1. The second-order valence-electron chi connectivity index (χ2n) is 13.9. The number of fused-ring (bicyclic) bond motifs is 5. The van der Waals surface area contributed by atoms with E-state index >= 15 is 4.79 Å². The molecule has 1 saturated carbocycles. The van der Waals surface area contributed by atoms with Gasteiger partial charge in [0.1, 0.15) is 11.6 Å². The number of aliphatic carboxylic acids is 1. The van der Waals surface area contributed by atoms with Crippen LogP contribution in [0.2, 0.25) is 5.02 Å². The van der Waals surface area contributed by atoms with Crippen LogP contribution in [-0.2, 0) is 29.4 Å². The summed E-state index contributed by atoms with van der Waals surface area (Å²) < 4.78 is 13.9. The number of amides is 4.